The summed E-state index contributed by atoms with van der Waals surface area (Å²) >= 11 is 0. The van der Waals surface area contributed by atoms with Crippen LogP contribution in [0.1, 0.15) is 17.0 Å². The zero-order chi connectivity index (χ0) is 12.7. The predicted octanol–water partition coefficient (Wildman–Crippen LogP) is 2.25. The smallest absolute Gasteiger partial charge is 0.163 e. The Bertz CT molecular complexity index is 749. The van der Waals surface area contributed by atoms with Crippen LogP contribution in [0.3, 0.4) is 0 Å². The van der Waals surface area contributed by atoms with Gasteiger partial charge in [0.1, 0.15) is 5.82 Å². The molecule has 0 fully saturated rings. The van der Waals surface area contributed by atoms with Gasteiger partial charge in [0.25, 0.3) is 0 Å². The Morgan fingerprint density at radius 3 is 2.72 bits per heavy atom. The van der Waals surface area contributed by atoms with Gasteiger partial charge in [-0.15, -0.1) is 0 Å². The van der Waals surface area contributed by atoms with Crippen molar-refractivity contribution in [3.63, 3.8) is 0 Å². The maximum Gasteiger partial charge on any atom is 0.163 e. The van der Waals surface area contributed by atoms with E-state index in [9.17, 15) is 0 Å². The summed E-state index contributed by atoms with van der Waals surface area (Å²) in [5.74, 6) is 0.624. The molecule has 0 aliphatic heterocycles. The largest absolute Gasteiger partial charge is 0.324 e. The lowest BCUT2D eigenvalue weighted by Crippen LogP contribution is -2.03. The average Bonchev–Trinajstić information content (AvgIpc) is 2.36. The molecule has 0 saturated carbocycles. The van der Waals surface area contributed by atoms with Crippen molar-refractivity contribution in [2.45, 2.75) is 20.4 Å². The topological polar surface area (TPSA) is 64.7 Å². The summed E-state index contributed by atoms with van der Waals surface area (Å²) in [5, 5.41) is 2.10. The van der Waals surface area contributed by atoms with Crippen LogP contribution < -0.4 is 5.73 Å². The standard InChI is InChI=1S/C14H14N4/c1-8-3-9(2)11-5-10-7-16-13(6-15)18-14(10)17-12(11)4-8/h3-5,7H,6,15H2,1-2H3. The summed E-state index contributed by atoms with van der Waals surface area (Å²) in [5.41, 5.74) is 9.67. The molecular weight excluding hydrogens is 224 g/mol. The summed E-state index contributed by atoms with van der Waals surface area (Å²) in [6.45, 7) is 4.50. The van der Waals surface area contributed by atoms with Crippen LogP contribution in [0.25, 0.3) is 21.9 Å². The summed E-state index contributed by atoms with van der Waals surface area (Å²) < 4.78 is 0. The second kappa shape index (κ2) is 3.99. The fourth-order valence-electron chi connectivity index (χ4n) is 2.21. The van der Waals surface area contributed by atoms with Gasteiger partial charge in [0.05, 0.1) is 12.1 Å². The van der Waals surface area contributed by atoms with Gasteiger partial charge in [-0.3, -0.25) is 0 Å². The number of fused-ring (bicyclic) bond motifs is 2. The van der Waals surface area contributed by atoms with Crippen molar-refractivity contribution in [1.29, 1.82) is 0 Å². The zero-order valence-electron chi connectivity index (χ0n) is 10.4. The molecule has 0 bridgehead atoms. The van der Waals surface area contributed by atoms with Gasteiger partial charge in [0, 0.05) is 17.0 Å². The number of rotatable bonds is 1. The van der Waals surface area contributed by atoms with Crippen molar-refractivity contribution in [1.82, 2.24) is 15.0 Å². The highest BCUT2D eigenvalue weighted by Crippen LogP contribution is 2.22. The van der Waals surface area contributed by atoms with Crippen LogP contribution in [0, 0.1) is 13.8 Å². The lowest BCUT2D eigenvalue weighted by Gasteiger charge is -2.06. The van der Waals surface area contributed by atoms with Gasteiger partial charge in [-0.2, -0.15) is 0 Å². The van der Waals surface area contributed by atoms with E-state index < -0.39 is 0 Å². The monoisotopic (exact) mass is 238 g/mol. The fourth-order valence-corrected chi connectivity index (χ4v) is 2.21. The summed E-state index contributed by atoms with van der Waals surface area (Å²) in [7, 11) is 0. The first-order valence-corrected chi connectivity index (χ1v) is 5.91. The summed E-state index contributed by atoms with van der Waals surface area (Å²) in [6.07, 6.45) is 1.79. The molecule has 0 atom stereocenters. The molecule has 0 saturated heterocycles. The van der Waals surface area contributed by atoms with Crippen LogP contribution in [0.2, 0.25) is 0 Å². The van der Waals surface area contributed by atoms with E-state index in [-0.39, 0.29) is 0 Å². The summed E-state index contributed by atoms with van der Waals surface area (Å²) in [4.78, 5) is 13.2. The number of hydrogen-bond acceptors (Lipinski definition) is 4. The Morgan fingerprint density at radius 1 is 1.11 bits per heavy atom. The van der Waals surface area contributed by atoms with Gasteiger partial charge >= 0.3 is 0 Å². The molecular formula is C14H14N4. The molecule has 4 heteroatoms. The predicted molar refractivity (Wildman–Crippen MR) is 72.2 cm³/mol. The van der Waals surface area contributed by atoms with Gasteiger partial charge in [0.15, 0.2) is 5.65 Å². The molecule has 0 aliphatic carbocycles. The van der Waals surface area contributed by atoms with Crippen LogP contribution in [0.5, 0.6) is 0 Å². The SMILES string of the molecule is Cc1cc(C)c2cc3cnc(CN)nc3nc2c1. The summed E-state index contributed by atoms with van der Waals surface area (Å²) in [6, 6.07) is 6.32. The second-order valence-corrected chi connectivity index (χ2v) is 4.54. The third-order valence-electron chi connectivity index (χ3n) is 3.06. The molecule has 18 heavy (non-hydrogen) atoms. The molecule has 90 valence electrons. The van der Waals surface area contributed by atoms with E-state index in [1.165, 1.54) is 11.1 Å². The van der Waals surface area contributed by atoms with Crippen LogP contribution in [-0.4, -0.2) is 15.0 Å². The molecule has 0 aliphatic rings. The molecule has 1 aromatic carbocycles. The molecule has 0 spiro atoms. The first-order chi connectivity index (χ1) is 8.67. The minimum absolute atomic E-state index is 0.336. The van der Waals surface area contributed by atoms with Gasteiger partial charge < -0.3 is 5.73 Å². The molecule has 0 radical (unpaired) electrons. The number of nitrogens with two attached hydrogens (primary N) is 1. The first-order valence-electron chi connectivity index (χ1n) is 5.91. The average molecular weight is 238 g/mol. The van der Waals surface area contributed by atoms with E-state index in [0.29, 0.717) is 18.0 Å². The minimum atomic E-state index is 0.336. The Kier molecular flexibility index (Phi) is 2.45. The third-order valence-corrected chi connectivity index (χ3v) is 3.06. The number of aryl methyl sites for hydroxylation is 2. The molecule has 2 N–H and O–H groups in total. The molecule has 0 amide bonds. The Labute approximate surface area is 105 Å². The number of hydrogen-bond donors (Lipinski definition) is 1. The quantitative estimate of drug-likeness (QED) is 0.660. The number of aromatic nitrogens is 3. The van der Waals surface area contributed by atoms with Gasteiger partial charge in [-0.1, -0.05) is 6.07 Å². The van der Waals surface area contributed by atoms with Crippen molar-refractivity contribution in [3.05, 3.63) is 41.3 Å². The second-order valence-electron chi connectivity index (χ2n) is 4.54. The maximum atomic E-state index is 5.55. The van der Waals surface area contributed by atoms with E-state index in [1.807, 2.05) is 0 Å². The fraction of sp³-hybridized carbons (Fsp3) is 0.214. The van der Waals surface area contributed by atoms with E-state index in [1.54, 1.807) is 6.20 Å². The molecule has 0 unspecified atom stereocenters. The number of nitrogens with zero attached hydrogens (tertiary/aromatic N) is 3. The molecule has 2 aromatic heterocycles. The van der Waals surface area contributed by atoms with Crippen LogP contribution in [0.4, 0.5) is 0 Å². The van der Waals surface area contributed by atoms with Crippen LogP contribution >= 0.6 is 0 Å². The normalized spacial score (nSPS) is 11.3. The van der Waals surface area contributed by atoms with Crippen molar-refractivity contribution in [3.8, 4) is 0 Å². The lowest BCUT2D eigenvalue weighted by atomic mass is 10.1. The van der Waals surface area contributed by atoms with Gasteiger partial charge in [0.2, 0.25) is 0 Å². The van der Waals surface area contributed by atoms with Crippen molar-refractivity contribution in [2.24, 2.45) is 5.73 Å². The zero-order valence-corrected chi connectivity index (χ0v) is 10.4. The lowest BCUT2D eigenvalue weighted by molar-refractivity contribution is 0.922. The molecule has 2 heterocycles. The molecule has 3 aromatic rings. The maximum absolute atomic E-state index is 5.55. The van der Waals surface area contributed by atoms with Gasteiger partial charge in [-0.25, -0.2) is 15.0 Å². The minimum Gasteiger partial charge on any atom is -0.324 e. The highest BCUT2D eigenvalue weighted by Gasteiger charge is 2.05. The Morgan fingerprint density at radius 2 is 1.94 bits per heavy atom. The van der Waals surface area contributed by atoms with E-state index in [2.05, 4.69) is 47.0 Å². The molecule has 3 rings (SSSR count). The van der Waals surface area contributed by atoms with E-state index in [4.69, 9.17) is 5.73 Å². The van der Waals surface area contributed by atoms with Crippen molar-refractivity contribution in [2.75, 3.05) is 0 Å². The van der Waals surface area contributed by atoms with Crippen molar-refractivity contribution < 1.29 is 0 Å². The highest BCUT2D eigenvalue weighted by molar-refractivity contribution is 5.92. The highest BCUT2D eigenvalue weighted by atomic mass is 15.0. The van der Waals surface area contributed by atoms with E-state index >= 15 is 0 Å². The van der Waals surface area contributed by atoms with Gasteiger partial charge in [-0.05, 0) is 37.1 Å². The van der Waals surface area contributed by atoms with E-state index in [0.717, 1.165) is 16.3 Å². The van der Waals surface area contributed by atoms with Crippen LogP contribution in [0.15, 0.2) is 24.4 Å². The number of pyridine rings is 1. The Hall–Kier alpha value is -2.07. The van der Waals surface area contributed by atoms with Crippen LogP contribution in [-0.2, 0) is 6.54 Å². The molecule has 4 nitrogen and oxygen atoms in total. The number of benzene rings is 1. The third kappa shape index (κ3) is 1.71. The Balaban J connectivity index is 2.39. The van der Waals surface area contributed by atoms with Crippen molar-refractivity contribution >= 4 is 21.9 Å². The first kappa shape index (κ1) is 11.0.